The second kappa shape index (κ2) is 8.60. The van der Waals surface area contributed by atoms with Gasteiger partial charge in [0.15, 0.2) is 0 Å². The van der Waals surface area contributed by atoms with Gasteiger partial charge >= 0.3 is 0 Å². The second-order valence-corrected chi connectivity index (χ2v) is 11.6. The molecule has 10 heteroatoms. The molecule has 8 nitrogen and oxygen atoms in total. The van der Waals surface area contributed by atoms with Gasteiger partial charge in [0.1, 0.15) is 10.6 Å². The molecule has 0 spiro atoms. The van der Waals surface area contributed by atoms with Crippen LogP contribution in [0.15, 0.2) is 53.4 Å². The van der Waals surface area contributed by atoms with Crippen molar-refractivity contribution in [3.05, 3.63) is 54.1 Å². The number of anilines is 1. The van der Waals surface area contributed by atoms with Crippen LogP contribution in [0.4, 0.5) is 5.69 Å². The van der Waals surface area contributed by atoms with Crippen LogP contribution in [0.25, 0.3) is 0 Å². The smallest absolute Gasteiger partial charge is 0.247 e. The van der Waals surface area contributed by atoms with E-state index in [4.69, 9.17) is 4.74 Å². The zero-order valence-corrected chi connectivity index (χ0v) is 19.3. The average molecular weight is 467 g/mol. The predicted molar refractivity (Wildman–Crippen MR) is 118 cm³/mol. The van der Waals surface area contributed by atoms with Crippen LogP contribution < -0.4 is 13.8 Å². The van der Waals surface area contributed by atoms with Gasteiger partial charge in [-0.1, -0.05) is 30.3 Å². The first-order chi connectivity index (χ1) is 14.5. The zero-order chi connectivity index (χ0) is 22.9. The van der Waals surface area contributed by atoms with Gasteiger partial charge < -0.3 is 4.74 Å². The van der Waals surface area contributed by atoms with Crippen molar-refractivity contribution in [3.8, 4) is 5.75 Å². The first-order valence-corrected chi connectivity index (χ1v) is 12.9. The summed E-state index contributed by atoms with van der Waals surface area (Å²) >= 11 is 0. The monoisotopic (exact) mass is 466 g/mol. The molecule has 2 aromatic rings. The lowest BCUT2D eigenvalue weighted by Gasteiger charge is -2.19. The third-order valence-electron chi connectivity index (χ3n) is 5.03. The van der Waals surface area contributed by atoms with E-state index in [-0.39, 0.29) is 28.6 Å². The molecule has 0 radical (unpaired) electrons. The summed E-state index contributed by atoms with van der Waals surface area (Å²) in [5.74, 6) is -0.885. The zero-order valence-electron chi connectivity index (χ0n) is 17.7. The van der Waals surface area contributed by atoms with E-state index >= 15 is 0 Å². The van der Waals surface area contributed by atoms with Crippen LogP contribution in [0.3, 0.4) is 0 Å². The van der Waals surface area contributed by atoms with Crippen LogP contribution in [-0.4, -0.2) is 42.2 Å². The molecule has 1 aliphatic heterocycles. The summed E-state index contributed by atoms with van der Waals surface area (Å²) < 4.78 is 59.3. The van der Waals surface area contributed by atoms with Crippen molar-refractivity contribution in [1.82, 2.24) is 4.72 Å². The number of amides is 1. The number of carbonyl (C=O) groups excluding carboxylic acids is 1. The number of benzene rings is 2. The molecule has 0 saturated carbocycles. The van der Waals surface area contributed by atoms with E-state index in [2.05, 4.69) is 4.72 Å². The van der Waals surface area contributed by atoms with E-state index in [0.29, 0.717) is 17.1 Å². The Kier molecular flexibility index (Phi) is 6.45. The van der Waals surface area contributed by atoms with Crippen LogP contribution in [-0.2, 0) is 31.3 Å². The largest absolute Gasteiger partial charge is 0.495 e. The number of hydrogen-bond donors (Lipinski definition) is 1. The summed E-state index contributed by atoms with van der Waals surface area (Å²) in [4.78, 5) is 12.4. The number of rotatable bonds is 8. The summed E-state index contributed by atoms with van der Waals surface area (Å²) in [6.45, 7) is 3.28. The summed E-state index contributed by atoms with van der Waals surface area (Å²) in [7, 11) is -6.58. The van der Waals surface area contributed by atoms with Gasteiger partial charge in [0.05, 0.1) is 24.0 Å². The molecular weight excluding hydrogens is 440 g/mol. The van der Waals surface area contributed by atoms with E-state index in [9.17, 15) is 21.6 Å². The van der Waals surface area contributed by atoms with Gasteiger partial charge in [-0.3, -0.25) is 4.79 Å². The molecule has 0 aromatic heterocycles. The highest BCUT2D eigenvalue weighted by molar-refractivity contribution is 7.94. The van der Waals surface area contributed by atoms with Crippen LogP contribution in [0.5, 0.6) is 5.75 Å². The van der Waals surface area contributed by atoms with E-state index < -0.39 is 31.4 Å². The van der Waals surface area contributed by atoms with E-state index in [1.165, 1.54) is 19.2 Å². The molecule has 1 fully saturated rings. The highest BCUT2D eigenvalue weighted by Crippen LogP contribution is 2.38. The molecule has 31 heavy (non-hydrogen) atoms. The fourth-order valence-corrected chi connectivity index (χ4v) is 6.84. The van der Waals surface area contributed by atoms with Gasteiger partial charge in [0.2, 0.25) is 26.0 Å². The van der Waals surface area contributed by atoms with Crippen LogP contribution in [0, 0.1) is 5.41 Å². The summed E-state index contributed by atoms with van der Waals surface area (Å²) in [6, 6.07) is 13.6. The minimum absolute atomic E-state index is 0.0268. The minimum atomic E-state index is -4.00. The first-order valence-electron chi connectivity index (χ1n) is 9.77. The Balaban J connectivity index is 1.84. The molecule has 0 atom stereocenters. The lowest BCUT2D eigenvalue weighted by molar-refractivity contribution is -0.123. The average Bonchev–Trinajstić information content (AvgIpc) is 2.88. The molecule has 0 unspecified atom stereocenters. The van der Waals surface area contributed by atoms with Crippen molar-refractivity contribution in [2.45, 2.75) is 31.6 Å². The Bertz CT molecular complexity index is 1180. The summed E-state index contributed by atoms with van der Waals surface area (Å²) in [5.41, 5.74) is -0.0179. The second-order valence-electron chi connectivity index (χ2n) is 8.03. The van der Waals surface area contributed by atoms with Crippen molar-refractivity contribution < 1.29 is 26.4 Å². The van der Waals surface area contributed by atoms with Crippen LogP contribution in [0.1, 0.15) is 25.8 Å². The Morgan fingerprint density at radius 3 is 2.39 bits per heavy atom. The predicted octanol–water partition coefficient (Wildman–Crippen LogP) is 2.31. The number of nitrogens with zero attached hydrogens (tertiary/aromatic N) is 1. The lowest BCUT2D eigenvalue weighted by atomic mass is 9.95. The molecule has 2 aromatic carbocycles. The molecule has 1 heterocycles. The summed E-state index contributed by atoms with van der Waals surface area (Å²) in [5, 5.41) is 0. The van der Waals surface area contributed by atoms with Gasteiger partial charge in [-0.25, -0.2) is 25.9 Å². The molecule has 168 valence electrons. The van der Waals surface area contributed by atoms with Gasteiger partial charge in [0, 0.05) is 6.54 Å². The number of nitrogens with one attached hydrogen (secondary N) is 1. The molecule has 1 aliphatic rings. The van der Waals surface area contributed by atoms with Crippen LogP contribution in [0.2, 0.25) is 0 Å². The number of hydrogen-bond acceptors (Lipinski definition) is 6. The Morgan fingerprint density at radius 2 is 1.81 bits per heavy atom. The standard InChI is InChI=1S/C21H26N2O6S2/c1-21(2)15-30(25,26)23(20(21)24)17-11-12-18(29-3)19(14-17)31(27,28)22-13-7-10-16-8-5-4-6-9-16/h4-6,8-9,11-12,14,22H,7,10,13,15H2,1-3H3. The van der Waals surface area contributed by atoms with Crippen LogP contribution >= 0.6 is 0 Å². The maximum Gasteiger partial charge on any atom is 0.247 e. The van der Waals surface area contributed by atoms with Crippen molar-refractivity contribution in [2.75, 3.05) is 23.7 Å². The molecule has 1 N–H and O–H groups in total. The number of methoxy groups -OCH3 is 1. The van der Waals surface area contributed by atoms with Crippen molar-refractivity contribution in [2.24, 2.45) is 5.41 Å². The lowest BCUT2D eigenvalue weighted by Crippen LogP contribution is -2.33. The highest BCUT2D eigenvalue weighted by atomic mass is 32.2. The normalized spacial score (nSPS) is 17.6. The SMILES string of the molecule is COc1ccc(N2C(=O)C(C)(C)CS2(=O)=O)cc1S(=O)(=O)NCCCc1ccccc1. The first kappa shape index (κ1) is 23.2. The summed E-state index contributed by atoms with van der Waals surface area (Å²) in [6.07, 6.45) is 1.29. The Labute approximate surface area is 183 Å². The third-order valence-corrected chi connectivity index (χ3v) is 8.53. The quantitative estimate of drug-likeness (QED) is 0.598. The number of aryl methyl sites for hydroxylation is 1. The van der Waals surface area contributed by atoms with Gasteiger partial charge in [0.25, 0.3) is 0 Å². The number of carbonyl (C=O) groups is 1. The topological polar surface area (TPSA) is 110 Å². The maximum absolute atomic E-state index is 12.9. The van der Waals surface area contributed by atoms with E-state index in [0.717, 1.165) is 11.6 Å². The fourth-order valence-electron chi connectivity index (χ4n) is 3.48. The number of sulfonamides is 2. The van der Waals surface area contributed by atoms with E-state index in [1.807, 2.05) is 30.3 Å². The van der Waals surface area contributed by atoms with Gasteiger partial charge in [-0.2, -0.15) is 0 Å². The third kappa shape index (κ3) is 4.91. The number of ether oxygens (including phenoxy) is 1. The molecule has 1 amide bonds. The van der Waals surface area contributed by atoms with Crippen molar-refractivity contribution >= 4 is 31.6 Å². The van der Waals surface area contributed by atoms with Gasteiger partial charge in [-0.15, -0.1) is 0 Å². The minimum Gasteiger partial charge on any atom is -0.495 e. The highest BCUT2D eigenvalue weighted by Gasteiger charge is 2.50. The molecule has 3 rings (SSSR count). The maximum atomic E-state index is 12.9. The Morgan fingerprint density at radius 1 is 1.13 bits per heavy atom. The molecular formula is C21H26N2O6S2. The molecule has 0 aliphatic carbocycles. The van der Waals surface area contributed by atoms with E-state index in [1.54, 1.807) is 13.8 Å². The van der Waals surface area contributed by atoms with Gasteiger partial charge in [-0.05, 0) is 50.5 Å². The fraction of sp³-hybridized carbons (Fsp3) is 0.381. The molecule has 1 saturated heterocycles. The van der Waals surface area contributed by atoms with Crippen molar-refractivity contribution in [1.29, 1.82) is 0 Å². The van der Waals surface area contributed by atoms with Crippen molar-refractivity contribution in [3.63, 3.8) is 0 Å². The molecule has 0 bridgehead atoms. The Hall–Kier alpha value is -2.43.